The van der Waals surface area contributed by atoms with E-state index in [2.05, 4.69) is 20.4 Å². The van der Waals surface area contributed by atoms with Crippen LogP contribution < -0.4 is 4.74 Å². The second-order valence-corrected chi connectivity index (χ2v) is 6.16. The zero-order valence-electron chi connectivity index (χ0n) is 15.3. The van der Waals surface area contributed by atoms with Gasteiger partial charge in [0.15, 0.2) is 0 Å². The molecule has 5 nitrogen and oxygen atoms in total. The van der Waals surface area contributed by atoms with Crippen LogP contribution in [-0.4, -0.2) is 28.7 Å². The van der Waals surface area contributed by atoms with Crippen molar-refractivity contribution in [2.75, 3.05) is 7.05 Å². The van der Waals surface area contributed by atoms with Crippen LogP contribution in [0, 0.1) is 0 Å². The van der Waals surface area contributed by atoms with Crippen molar-refractivity contribution in [1.29, 1.82) is 0 Å². The Balaban J connectivity index is 1.89. The predicted molar refractivity (Wildman–Crippen MR) is 96.1 cm³/mol. The third-order valence-corrected chi connectivity index (χ3v) is 4.04. The second-order valence-electron chi connectivity index (χ2n) is 6.16. The van der Waals surface area contributed by atoms with E-state index >= 15 is 0 Å². The number of aliphatic imine (C=N–C) groups is 1. The molecule has 0 unspecified atom stereocenters. The third kappa shape index (κ3) is 4.78. The van der Waals surface area contributed by atoms with Gasteiger partial charge in [0.25, 0.3) is 0 Å². The maximum absolute atomic E-state index is 13.2. The van der Waals surface area contributed by atoms with E-state index in [4.69, 9.17) is 4.74 Å². The molecule has 2 aromatic carbocycles. The average molecular weight is 428 g/mol. The first kappa shape index (κ1) is 21.3. The second kappa shape index (κ2) is 8.17. The molecule has 1 heterocycles. The summed E-state index contributed by atoms with van der Waals surface area (Å²) in [6.45, 7) is -0.382. The zero-order chi connectivity index (χ0) is 21.9. The topological polar surface area (TPSA) is 63.2 Å². The fourth-order valence-electron chi connectivity index (χ4n) is 2.69. The van der Waals surface area contributed by atoms with Crippen molar-refractivity contribution >= 4 is 6.21 Å². The van der Waals surface area contributed by atoms with Gasteiger partial charge < -0.3 is 4.74 Å². The fourth-order valence-corrected chi connectivity index (χ4v) is 2.69. The summed E-state index contributed by atoms with van der Waals surface area (Å²) in [7, 11) is 1.56. The number of aromatic amines is 1. The summed E-state index contributed by atoms with van der Waals surface area (Å²) in [5, 5.41) is 10.3. The summed E-state index contributed by atoms with van der Waals surface area (Å²) in [5.74, 6) is -0.900. The Morgan fingerprint density at radius 1 is 1.03 bits per heavy atom. The maximum atomic E-state index is 13.2. The monoisotopic (exact) mass is 428 g/mol. The quantitative estimate of drug-likeness (QED) is 0.452. The molecule has 0 spiro atoms. The number of H-pyrrole nitrogens is 1. The normalized spacial score (nSPS) is 12.5. The van der Waals surface area contributed by atoms with Crippen LogP contribution in [0.1, 0.15) is 22.4 Å². The lowest BCUT2D eigenvalue weighted by Crippen LogP contribution is -2.12. The van der Waals surface area contributed by atoms with Gasteiger partial charge in [0, 0.05) is 18.8 Å². The van der Waals surface area contributed by atoms with Gasteiger partial charge in [0.05, 0.1) is 11.1 Å². The average Bonchev–Trinajstić information content (AvgIpc) is 3.13. The zero-order valence-corrected chi connectivity index (χ0v) is 15.3. The number of benzene rings is 2. The summed E-state index contributed by atoms with van der Waals surface area (Å²) in [6.07, 6.45) is -8.17. The van der Waals surface area contributed by atoms with Crippen molar-refractivity contribution in [3.63, 3.8) is 0 Å². The van der Waals surface area contributed by atoms with Crippen LogP contribution in [-0.2, 0) is 19.0 Å². The van der Waals surface area contributed by atoms with E-state index in [-0.39, 0.29) is 6.61 Å². The summed E-state index contributed by atoms with van der Waals surface area (Å²) in [4.78, 5) is 3.86. The first-order chi connectivity index (χ1) is 14.1. The van der Waals surface area contributed by atoms with Crippen molar-refractivity contribution < 1.29 is 31.1 Å². The highest BCUT2D eigenvalue weighted by atomic mass is 19.4. The molecule has 0 aliphatic carbocycles. The SMILES string of the molecule is C/N=C\c1[nH]nnc1-c1cccc(COc2cc(C(F)(F)F)ccc2C(F)(F)F)c1. The molecule has 11 heteroatoms. The van der Waals surface area contributed by atoms with E-state index in [0.29, 0.717) is 40.7 Å². The highest BCUT2D eigenvalue weighted by Gasteiger charge is 2.37. The Kier molecular flexibility index (Phi) is 5.81. The molecule has 0 radical (unpaired) electrons. The van der Waals surface area contributed by atoms with Crippen molar-refractivity contribution in [2.45, 2.75) is 19.0 Å². The van der Waals surface area contributed by atoms with Crippen molar-refractivity contribution in [1.82, 2.24) is 15.4 Å². The summed E-state index contributed by atoms with van der Waals surface area (Å²) in [6, 6.07) is 7.55. The number of nitrogens with one attached hydrogen (secondary N) is 1. The predicted octanol–water partition coefficient (Wildman–Crippen LogP) is 5.14. The molecular formula is C19H14F6N4O. The molecule has 158 valence electrons. The number of hydrogen-bond acceptors (Lipinski definition) is 4. The maximum Gasteiger partial charge on any atom is 0.419 e. The summed E-state index contributed by atoms with van der Waals surface area (Å²) in [5.41, 5.74) is -0.527. The number of hydrogen-bond donors (Lipinski definition) is 1. The molecule has 1 N–H and O–H groups in total. The molecular weight excluding hydrogens is 414 g/mol. The van der Waals surface area contributed by atoms with Crippen molar-refractivity contribution in [3.8, 4) is 17.0 Å². The van der Waals surface area contributed by atoms with Gasteiger partial charge in [-0.2, -0.15) is 26.3 Å². The molecule has 30 heavy (non-hydrogen) atoms. The molecule has 0 saturated heterocycles. The highest BCUT2D eigenvalue weighted by molar-refractivity contribution is 5.86. The van der Waals surface area contributed by atoms with Crippen LogP contribution in [0.15, 0.2) is 47.5 Å². The number of halogens is 6. The smallest absolute Gasteiger partial charge is 0.419 e. The Labute approximate surface area is 166 Å². The molecule has 1 aromatic heterocycles. The summed E-state index contributed by atoms with van der Waals surface area (Å²) >= 11 is 0. The number of rotatable bonds is 5. The lowest BCUT2D eigenvalue weighted by atomic mass is 10.1. The Hall–Kier alpha value is -3.37. The van der Waals surface area contributed by atoms with Crippen LogP contribution >= 0.6 is 0 Å². The van der Waals surface area contributed by atoms with Gasteiger partial charge in [-0.3, -0.25) is 10.1 Å². The molecule has 0 aliphatic heterocycles. The Morgan fingerprint density at radius 3 is 2.47 bits per heavy atom. The minimum absolute atomic E-state index is 0.347. The Morgan fingerprint density at radius 2 is 1.80 bits per heavy atom. The molecule has 0 bridgehead atoms. The van der Waals surface area contributed by atoms with Gasteiger partial charge >= 0.3 is 12.4 Å². The van der Waals surface area contributed by atoms with E-state index < -0.39 is 29.2 Å². The largest absolute Gasteiger partial charge is 0.488 e. The van der Waals surface area contributed by atoms with Gasteiger partial charge in [0.1, 0.15) is 23.7 Å². The van der Waals surface area contributed by atoms with Gasteiger partial charge in [-0.25, -0.2) is 0 Å². The third-order valence-electron chi connectivity index (χ3n) is 4.04. The molecule has 3 rings (SSSR count). The van der Waals surface area contributed by atoms with E-state index in [1.807, 2.05) is 0 Å². The standard InChI is InChI=1S/C19H14F6N4O/c1-26-9-15-17(28-29-27-15)12-4-2-3-11(7-12)10-30-16-8-13(18(20,21)22)5-6-14(16)19(23,24)25/h2-9H,10H2,1H3,(H,27,28,29)/b26-9-. The van der Waals surface area contributed by atoms with Crippen LogP contribution in [0.3, 0.4) is 0 Å². The lowest BCUT2D eigenvalue weighted by molar-refractivity contribution is -0.142. The van der Waals surface area contributed by atoms with E-state index in [1.165, 1.54) is 6.21 Å². The van der Waals surface area contributed by atoms with Crippen molar-refractivity contribution in [3.05, 3.63) is 64.8 Å². The number of alkyl halides is 6. The van der Waals surface area contributed by atoms with Crippen LogP contribution in [0.2, 0.25) is 0 Å². The minimum Gasteiger partial charge on any atom is -0.488 e. The Bertz CT molecular complexity index is 1060. The van der Waals surface area contributed by atoms with Gasteiger partial charge in [-0.15, -0.1) is 5.10 Å². The van der Waals surface area contributed by atoms with Crippen LogP contribution in [0.25, 0.3) is 11.3 Å². The van der Waals surface area contributed by atoms with Gasteiger partial charge in [0.2, 0.25) is 0 Å². The van der Waals surface area contributed by atoms with Crippen LogP contribution in [0.4, 0.5) is 26.3 Å². The molecule has 0 saturated carbocycles. The number of nitrogens with zero attached hydrogens (tertiary/aromatic N) is 3. The molecule has 0 amide bonds. The minimum atomic E-state index is -4.86. The van der Waals surface area contributed by atoms with Crippen LogP contribution in [0.5, 0.6) is 5.75 Å². The van der Waals surface area contributed by atoms with Crippen molar-refractivity contribution in [2.24, 2.45) is 4.99 Å². The molecule has 0 aliphatic rings. The number of ether oxygens (including phenoxy) is 1. The molecule has 0 atom stereocenters. The van der Waals surface area contributed by atoms with E-state index in [0.717, 1.165) is 0 Å². The first-order valence-corrected chi connectivity index (χ1v) is 8.43. The lowest BCUT2D eigenvalue weighted by Gasteiger charge is -2.16. The van der Waals surface area contributed by atoms with Gasteiger partial charge in [-0.1, -0.05) is 23.4 Å². The molecule has 3 aromatic rings. The number of aromatic nitrogens is 3. The van der Waals surface area contributed by atoms with E-state index in [1.54, 1.807) is 31.3 Å². The fraction of sp³-hybridized carbons (Fsp3) is 0.211. The van der Waals surface area contributed by atoms with E-state index in [9.17, 15) is 26.3 Å². The van der Waals surface area contributed by atoms with Gasteiger partial charge in [-0.05, 0) is 29.8 Å². The molecule has 0 fully saturated rings. The highest BCUT2D eigenvalue weighted by Crippen LogP contribution is 2.40. The first-order valence-electron chi connectivity index (χ1n) is 8.43. The summed E-state index contributed by atoms with van der Waals surface area (Å²) < 4.78 is 83.4.